The van der Waals surface area contributed by atoms with Gasteiger partial charge in [-0.05, 0) is 159 Å². The van der Waals surface area contributed by atoms with Crippen molar-refractivity contribution in [1.82, 2.24) is 0 Å². The number of benzene rings is 6. The van der Waals surface area contributed by atoms with Gasteiger partial charge in [-0.3, -0.25) is 0 Å². The first-order chi connectivity index (χ1) is 25.0. The Kier molecular flexibility index (Phi) is 7.67. The molecule has 0 fully saturated rings. The third-order valence-electron chi connectivity index (χ3n) is 12.9. The Balaban J connectivity index is 1.41. The molecule has 3 aliphatic rings. The Morgan fingerprint density at radius 3 is 1.75 bits per heavy atom. The molecule has 0 unspecified atom stereocenters. The minimum atomic E-state index is -0.123. The van der Waals surface area contributed by atoms with E-state index in [2.05, 4.69) is 174 Å². The highest BCUT2D eigenvalue weighted by Crippen LogP contribution is 2.56. The van der Waals surface area contributed by atoms with Crippen molar-refractivity contribution in [3.8, 4) is 33.4 Å². The van der Waals surface area contributed by atoms with E-state index in [4.69, 9.17) is 0 Å². The summed E-state index contributed by atoms with van der Waals surface area (Å²) in [5.74, 6) is 0. The highest BCUT2D eigenvalue weighted by molar-refractivity contribution is 5.99. The molecule has 0 aromatic heterocycles. The molecule has 0 atom stereocenters. The summed E-state index contributed by atoms with van der Waals surface area (Å²) in [6, 6.07) is 48.9. The molecule has 0 heterocycles. The number of hydrogen-bond donors (Lipinski definition) is 0. The molecule has 1 heteroatoms. The number of nitrogens with zero attached hydrogens (tertiary/aromatic N) is 1. The zero-order valence-electron chi connectivity index (χ0n) is 31.8. The Hall–Kier alpha value is -4.88. The standard InChI is InChI=1S/C51H51N/c1-49(2)27-28-50(3,4)47-32-41(40(31-46(47)49)35-18-9-7-10-19-35)43-30-42-39-23-15-16-24-44(39)51(5,6)45(42)33-48(43)52(37-21-11-8-12-22-37)38-26-25-34-17-13-14-20-36(34)29-38/h7-12,15-16,18-19,21-26,29-33H,13-14,17,20,27-28H2,1-6H3. The van der Waals surface area contributed by atoms with Crippen LogP contribution in [0.15, 0.2) is 127 Å². The topological polar surface area (TPSA) is 3.24 Å². The van der Waals surface area contributed by atoms with E-state index < -0.39 is 0 Å². The van der Waals surface area contributed by atoms with Gasteiger partial charge in [0.05, 0.1) is 5.69 Å². The van der Waals surface area contributed by atoms with Crippen molar-refractivity contribution in [2.45, 2.75) is 96.3 Å². The summed E-state index contributed by atoms with van der Waals surface area (Å²) < 4.78 is 0. The van der Waals surface area contributed by atoms with Crippen LogP contribution >= 0.6 is 0 Å². The normalized spacial score (nSPS) is 17.4. The van der Waals surface area contributed by atoms with Crippen molar-refractivity contribution >= 4 is 17.1 Å². The average molecular weight is 678 g/mol. The molecule has 0 amide bonds. The monoisotopic (exact) mass is 677 g/mol. The molecule has 9 rings (SSSR count). The lowest BCUT2D eigenvalue weighted by atomic mass is 9.62. The maximum atomic E-state index is 2.60. The van der Waals surface area contributed by atoms with Gasteiger partial charge in [-0.15, -0.1) is 0 Å². The van der Waals surface area contributed by atoms with Gasteiger partial charge < -0.3 is 4.90 Å². The minimum Gasteiger partial charge on any atom is -0.310 e. The number of para-hydroxylation sites is 1. The predicted octanol–water partition coefficient (Wildman–Crippen LogP) is 14.0. The summed E-state index contributed by atoms with van der Waals surface area (Å²) in [7, 11) is 0. The van der Waals surface area contributed by atoms with E-state index in [9.17, 15) is 0 Å². The first kappa shape index (κ1) is 33.0. The fourth-order valence-corrected chi connectivity index (χ4v) is 9.69. The fourth-order valence-electron chi connectivity index (χ4n) is 9.69. The van der Waals surface area contributed by atoms with Crippen LogP contribution in [0.1, 0.15) is 101 Å². The van der Waals surface area contributed by atoms with Crippen molar-refractivity contribution in [3.63, 3.8) is 0 Å². The van der Waals surface area contributed by atoms with Crippen LogP contribution in [0.25, 0.3) is 33.4 Å². The molecule has 260 valence electrons. The SMILES string of the molecule is CC1(C)CCC(C)(C)c2cc(-c3cc4c(cc3N(c3ccccc3)c3ccc5c(c3)CCCC5)C(C)(C)c3ccccc3-4)c(-c3ccccc3)cc21. The molecule has 0 saturated heterocycles. The summed E-state index contributed by atoms with van der Waals surface area (Å²) >= 11 is 0. The Morgan fingerprint density at radius 2 is 1.04 bits per heavy atom. The van der Waals surface area contributed by atoms with E-state index in [0.717, 1.165) is 6.42 Å². The largest absolute Gasteiger partial charge is 0.310 e. The minimum absolute atomic E-state index is 0.0813. The summed E-state index contributed by atoms with van der Waals surface area (Å²) in [4.78, 5) is 2.56. The second-order valence-corrected chi connectivity index (χ2v) is 17.5. The van der Waals surface area contributed by atoms with Gasteiger partial charge in [0.25, 0.3) is 0 Å². The smallest absolute Gasteiger partial charge is 0.0543 e. The fraction of sp³-hybridized carbons (Fsp3) is 0.294. The van der Waals surface area contributed by atoms with Crippen LogP contribution in [0.3, 0.4) is 0 Å². The number of aryl methyl sites for hydroxylation is 2. The molecule has 52 heavy (non-hydrogen) atoms. The Morgan fingerprint density at radius 1 is 0.423 bits per heavy atom. The number of anilines is 3. The summed E-state index contributed by atoms with van der Waals surface area (Å²) in [5.41, 5.74) is 20.4. The molecule has 3 aliphatic carbocycles. The molecule has 0 bridgehead atoms. The highest BCUT2D eigenvalue weighted by Gasteiger charge is 2.40. The van der Waals surface area contributed by atoms with E-state index in [-0.39, 0.29) is 16.2 Å². The maximum absolute atomic E-state index is 2.60. The highest BCUT2D eigenvalue weighted by atomic mass is 15.1. The molecule has 0 radical (unpaired) electrons. The van der Waals surface area contributed by atoms with E-state index in [0.29, 0.717) is 0 Å². The second kappa shape index (κ2) is 12.1. The number of rotatable bonds is 5. The van der Waals surface area contributed by atoms with Crippen molar-refractivity contribution < 1.29 is 0 Å². The van der Waals surface area contributed by atoms with Crippen molar-refractivity contribution in [3.05, 3.63) is 161 Å². The summed E-state index contributed by atoms with van der Waals surface area (Å²) in [5, 5.41) is 0. The number of hydrogen-bond acceptors (Lipinski definition) is 1. The van der Waals surface area contributed by atoms with Gasteiger partial charge in [-0.1, -0.05) is 120 Å². The number of fused-ring (bicyclic) bond motifs is 5. The molecule has 0 spiro atoms. The zero-order chi connectivity index (χ0) is 35.8. The van der Waals surface area contributed by atoms with Crippen LogP contribution in [0.4, 0.5) is 17.1 Å². The maximum Gasteiger partial charge on any atom is 0.0543 e. The van der Waals surface area contributed by atoms with Gasteiger partial charge in [0.15, 0.2) is 0 Å². The van der Waals surface area contributed by atoms with Crippen LogP contribution in [-0.4, -0.2) is 0 Å². The molecule has 0 N–H and O–H groups in total. The van der Waals surface area contributed by atoms with E-state index in [1.807, 2.05) is 0 Å². The van der Waals surface area contributed by atoms with Crippen LogP contribution in [0.5, 0.6) is 0 Å². The second-order valence-electron chi connectivity index (χ2n) is 17.5. The molecular weight excluding hydrogens is 627 g/mol. The molecule has 6 aromatic rings. The van der Waals surface area contributed by atoms with E-state index >= 15 is 0 Å². The van der Waals surface area contributed by atoms with Crippen molar-refractivity contribution in [2.24, 2.45) is 0 Å². The van der Waals surface area contributed by atoms with Crippen molar-refractivity contribution in [1.29, 1.82) is 0 Å². The van der Waals surface area contributed by atoms with Crippen molar-refractivity contribution in [2.75, 3.05) is 4.90 Å². The Bertz CT molecular complexity index is 2320. The zero-order valence-corrected chi connectivity index (χ0v) is 31.8. The van der Waals surface area contributed by atoms with Crippen LogP contribution in [0, 0.1) is 0 Å². The summed E-state index contributed by atoms with van der Waals surface area (Å²) in [6.45, 7) is 14.6. The first-order valence-electron chi connectivity index (χ1n) is 19.5. The predicted molar refractivity (Wildman–Crippen MR) is 221 cm³/mol. The first-order valence-corrected chi connectivity index (χ1v) is 19.5. The van der Waals surface area contributed by atoms with E-state index in [1.54, 1.807) is 0 Å². The molecule has 6 aromatic carbocycles. The quantitative estimate of drug-likeness (QED) is 0.176. The lowest BCUT2D eigenvalue weighted by Gasteiger charge is -2.42. The molecular formula is C51H51N. The lowest BCUT2D eigenvalue weighted by molar-refractivity contribution is 0.332. The third kappa shape index (κ3) is 5.27. The molecule has 0 aliphatic heterocycles. The van der Waals surface area contributed by atoms with Crippen LogP contribution in [-0.2, 0) is 29.1 Å². The van der Waals surface area contributed by atoms with Gasteiger partial charge in [-0.25, -0.2) is 0 Å². The third-order valence-corrected chi connectivity index (χ3v) is 12.9. The summed E-state index contributed by atoms with van der Waals surface area (Å²) in [6.07, 6.45) is 7.25. The van der Waals surface area contributed by atoms with Crippen LogP contribution < -0.4 is 4.90 Å². The van der Waals surface area contributed by atoms with E-state index in [1.165, 1.54) is 116 Å². The Labute approximate surface area is 311 Å². The lowest BCUT2D eigenvalue weighted by Crippen LogP contribution is -2.34. The van der Waals surface area contributed by atoms with Gasteiger partial charge in [-0.2, -0.15) is 0 Å². The average Bonchev–Trinajstić information content (AvgIpc) is 3.39. The molecule has 1 nitrogen and oxygen atoms in total. The van der Waals surface area contributed by atoms with Gasteiger partial charge in [0.2, 0.25) is 0 Å². The molecule has 0 saturated carbocycles. The van der Waals surface area contributed by atoms with Crippen LogP contribution in [0.2, 0.25) is 0 Å². The van der Waals surface area contributed by atoms with Gasteiger partial charge >= 0.3 is 0 Å². The van der Waals surface area contributed by atoms with Gasteiger partial charge in [0, 0.05) is 22.4 Å². The van der Waals surface area contributed by atoms with Gasteiger partial charge in [0.1, 0.15) is 0 Å².